The van der Waals surface area contributed by atoms with E-state index in [4.69, 9.17) is 16.6 Å². The predicted molar refractivity (Wildman–Crippen MR) is 64.8 cm³/mol. The number of aliphatic carboxylic acids is 1. The fraction of sp³-hybridized carbons (Fsp3) is 0.600. The van der Waals surface area contributed by atoms with Crippen molar-refractivity contribution in [1.82, 2.24) is 10.2 Å². The summed E-state index contributed by atoms with van der Waals surface area (Å²) in [4.78, 5) is 45.2. The van der Waals surface area contributed by atoms with E-state index in [1.54, 1.807) is 13.8 Å². The lowest BCUT2D eigenvalue weighted by Crippen LogP contribution is -2.53. The largest absolute Gasteiger partial charge is 0.480 e. The average Bonchev–Trinajstić information content (AvgIpc) is 2.23. The van der Waals surface area contributed by atoms with E-state index in [0.717, 1.165) is 4.90 Å². The number of amides is 4. The highest BCUT2D eigenvalue weighted by Crippen LogP contribution is 2.01. The SMILES string of the molecule is CC(C)N(CC(N)=O)C(=O)NC(CC(N)=O)C(=O)O. The van der Waals surface area contributed by atoms with E-state index in [2.05, 4.69) is 5.32 Å². The Morgan fingerprint density at radius 3 is 2.00 bits per heavy atom. The molecule has 1 unspecified atom stereocenters. The van der Waals surface area contributed by atoms with Crippen molar-refractivity contribution in [2.45, 2.75) is 32.4 Å². The molecule has 0 saturated carbocycles. The van der Waals surface area contributed by atoms with Gasteiger partial charge >= 0.3 is 12.0 Å². The third-order valence-electron chi connectivity index (χ3n) is 2.21. The lowest BCUT2D eigenvalue weighted by molar-refractivity contribution is -0.141. The molecule has 0 spiro atoms. The molecule has 0 fully saturated rings. The summed E-state index contributed by atoms with van der Waals surface area (Å²) in [7, 11) is 0. The van der Waals surface area contributed by atoms with Crippen LogP contribution in [-0.2, 0) is 14.4 Å². The van der Waals surface area contributed by atoms with Crippen molar-refractivity contribution >= 4 is 23.8 Å². The maximum absolute atomic E-state index is 11.8. The Morgan fingerprint density at radius 1 is 1.16 bits per heavy atom. The zero-order valence-corrected chi connectivity index (χ0v) is 10.8. The van der Waals surface area contributed by atoms with E-state index in [9.17, 15) is 19.2 Å². The lowest BCUT2D eigenvalue weighted by Gasteiger charge is -2.27. The molecule has 0 aromatic carbocycles. The van der Waals surface area contributed by atoms with Crippen LogP contribution in [0.1, 0.15) is 20.3 Å². The molecule has 0 bridgehead atoms. The second-order valence-electron chi connectivity index (χ2n) is 4.20. The minimum atomic E-state index is -1.45. The van der Waals surface area contributed by atoms with Gasteiger partial charge in [0.05, 0.1) is 6.42 Å². The zero-order valence-electron chi connectivity index (χ0n) is 10.8. The Kier molecular flexibility index (Phi) is 6.31. The van der Waals surface area contributed by atoms with E-state index in [-0.39, 0.29) is 12.6 Å². The molecule has 0 aromatic rings. The first-order valence-electron chi connectivity index (χ1n) is 5.51. The molecule has 0 saturated heterocycles. The van der Waals surface area contributed by atoms with Gasteiger partial charge in [0, 0.05) is 6.04 Å². The number of carbonyl (C=O) groups excluding carboxylic acids is 3. The molecule has 0 aliphatic rings. The minimum absolute atomic E-state index is 0.355. The van der Waals surface area contributed by atoms with Gasteiger partial charge in [-0.1, -0.05) is 0 Å². The van der Waals surface area contributed by atoms with Crippen LogP contribution >= 0.6 is 0 Å². The minimum Gasteiger partial charge on any atom is -0.480 e. The van der Waals surface area contributed by atoms with Crippen molar-refractivity contribution in [2.75, 3.05) is 6.54 Å². The quantitative estimate of drug-likeness (QED) is 0.431. The highest BCUT2D eigenvalue weighted by molar-refractivity contribution is 5.89. The lowest BCUT2D eigenvalue weighted by atomic mass is 10.2. The van der Waals surface area contributed by atoms with E-state index in [1.165, 1.54) is 0 Å². The fourth-order valence-corrected chi connectivity index (χ4v) is 1.29. The van der Waals surface area contributed by atoms with Crippen LogP contribution in [0.2, 0.25) is 0 Å². The van der Waals surface area contributed by atoms with Crippen LogP contribution in [0.4, 0.5) is 4.79 Å². The number of hydrogen-bond donors (Lipinski definition) is 4. The van der Waals surface area contributed by atoms with E-state index < -0.39 is 36.3 Å². The average molecular weight is 274 g/mol. The van der Waals surface area contributed by atoms with Crippen molar-refractivity contribution in [1.29, 1.82) is 0 Å². The molecule has 4 amide bonds. The Bertz CT molecular complexity index is 382. The number of nitrogens with zero attached hydrogens (tertiary/aromatic N) is 1. The Labute approximate surface area is 109 Å². The summed E-state index contributed by atoms with van der Waals surface area (Å²) >= 11 is 0. The summed E-state index contributed by atoms with van der Waals surface area (Å²) in [6.45, 7) is 2.91. The van der Waals surface area contributed by atoms with Gasteiger partial charge in [0.1, 0.15) is 12.6 Å². The molecular formula is C10H18N4O5. The van der Waals surface area contributed by atoms with E-state index in [0.29, 0.717) is 0 Å². The first-order chi connectivity index (χ1) is 8.65. The summed E-state index contributed by atoms with van der Waals surface area (Å²) in [5.74, 6) is -2.99. The Balaban J connectivity index is 4.80. The first kappa shape index (κ1) is 16.7. The van der Waals surface area contributed by atoms with Gasteiger partial charge < -0.3 is 26.8 Å². The van der Waals surface area contributed by atoms with Gasteiger partial charge in [-0.3, -0.25) is 9.59 Å². The Hall–Kier alpha value is -2.32. The predicted octanol–water partition coefficient (Wildman–Crippen LogP) is -1.78. The molecule has 6 N–H and O–H groups in total. The van der Waals surface area contributed by atoms with Gasteiger partial charge in [-0.25, -0.2) is 9.59 Å². The van der Waals surface area contributed by atoms with Crippen molar-refractivity contribution < 1.29 is 24.3 Å². The summed E-state index contributed by atoms with van der Waals surface area (Å²) < 4.78 is 0. The van der Waals surface area contributed by atoms with Gasteiger partial charge in [-0.05, 0) is 13.8 Å². The molecule has 108 valence electrons. The number of hydrogen-bond acceptors (Lipinski definition) is 4. The molecule has 0 aliphatic carbocycles. The third-order valence-corrected chi connectivity index (χ3v) is 2.21. The third kappa shape index (κ3) is 6.24. The highest BCUT2D eigenvalue weighted by Gasteiger charge is 2.26. The number of carboxylic acid groups (broad SMARTS) is 1. The summed E-state index contributed by atoms with van der Waals surface area (Å²) in [5.41, 5.74) is 9.87. The molecule has 9 nitrogen and oxygen atoms in total. The monoisotopic (exact) mass is 274 g/mol. The number of carbonyl (C=O) groups is 4. The number of primary amides is 2. The Morgan fingerprint density at radius 2 is 1.68 bits per heavy atom. The van der Waals surface area contributed by atoms with Crippen LogP contribution in [0.25, 0.3) is 0 Å². The van der Waals surface area contributed by atoms with Gasteiger partial charge in [0.2, 0.25) is 11.8 Å². The molecule has 0 radical (unpaired) electrons. The van der Waals surface area contributed by atoms with Gasteiger partial charge in [-0.15, -0.1) is 0 Å². The number of rotatable bonds is 7. The van der Waals surface area contributed by atoms with Crippen molar-refractivity contribution in [3.8, 4) is 0 Å². The molecular weight excluding hydrogens is 256 g/mol. The van der Waals surface area contributed by atoms with Crippen molar-refractivity contribution in [3.05, 3.63) is 0 Å². The van der Waals surface area contributed by atoms with Crippen molar-refractivity contribution in [2.24, 2.45) is 11.5 Å². The number of urea groups is 1. The highest BCUT2D eigenvalue weighted by atomic mass is 16.4. The number of carboxylic acids is 1. The summed E-state index contributed by atoms with van der Waals surface area (Å²) in [6.07, 6.45) is -0.538. The smallest absolute Gasteiger partial charge is 0.326 e. The molecule has 0 rings (SSSR count). The number of nitrogens with one attached hydrogen (secondary N) is 1. The van der Waals surface area contributed by atoms with E-state index >= 15 is 0 Å². The van der Waals surface area contributed by atoms with Gasteiger partial charge in [0.25, 0.3) is 0 Å². The van der Waals surface area contributed by atoms with Crippen LogP contribution in [0.3, 0.4) is 0 Å². The molecule has 9 heteroatoms. The maximum Gasteiger partial charge on any atom is 0.326 e. The second kappa shape index (κ2) is 7.19. The zero-order chi connectivity index (χ0) is 15.2. The second-order valence-corrected chi connectivity index (χ2v) is 4.20. The summed E-state index contributed by atoms with van der Waals surface area (Å²) in [5, 5.41) is 11.0. The molecule has 1 atom stereocenters. The standard InChI is InChI=1S/C10H18N4O5/c1-5(2)14(4-8(12)16)10(19)13-6(9(17)18)3-7(11)15/h5-6H,3-4H2,1-2H3,(H2,11,15)(H2,12,16)(H,13,19)(H,17,18). The van der Waals surface area contributed by atoms with Crippen molar-refractivity contribution in [3.63, 3.8) is 0 Å². The van der Waals surface area contributed by atoms with Gasteiger partial charge in [0.15, 0.2) is 0 Å². The number of nitrogens with two attached hydrogens (primary N) is 2. The molecule has 0 aliphatic heterocycles. The molecule has 19 heavy (non-hydrogen) atoms. The van der Waals surface area contributed by atoms with Crippen LogP contribution in [0.15, 0.2) is 0 Å². The molecule has 0 heterocycles. The van der Waals surface area contributed by atoms with Crippen LogP contribution in [0.5, 0.6) is 0 Å². The van der Waals surface area contributed by atoms with Crippen LogP contribution in [0, 0.1) is 0 Å². The maximum atomic E-state index is 11.8. The van der Waals surface area contributed by atoms with E-state index in [1.807, 2.05) is 0 Å². The normalized spacial score (nSPS) is 11.7. The van der Waals surface area contributed by atoms with Crippen LogP contribution < -0.4 is 16.8 Å². The topological polar surface area (TPSA) is 156 Å². The van der Waals surface area contributed by atoms with Crippen LogP contribution in [-0.4, -0.2) is 52.4 Å². The summed E-state index contributed by atoms with van der Waals surface area (Å²) in [6, 6.07) is -2.61. The molecule has 0 aromatic heterocycles. The first-order valence-corrected chi connectivity index (χ1v) is 5.51. The van der Waals surface area contributed by atoms with Gasteiger partial charge in [-0.2, -0.15) is 0 Å². The fourth-order valence-electron chi connectivity index (χ4n) is 1.29.